The van der Waals surface area contributed by atoms with Crippen molar-refractivity contribution in [2.75, 3.05) is 6.54 Å². The highest BCUT2D eigenvalue weighted by atomic mass is 32.1. The van der Waals surface area contributed by atoms with E-state index < -0.39 is 0 Å². The quantitative estimate of drug-likeness (QED) is 0.668. The van der Waals surface area contributed by atoms with E-state index >= 15 is 0 Å². The molecule has 8 heteroatoms. The average Bonchev–Trinajstić information content (AvgIpc) is 3.20. The zero-order chi connectivity index (χ0) is 14.5. The molecule has 0 aliphatic heterocycles. The van der Waals surface area contributed by atoms with Crippen molar-refractivity contribution in [2.45, 2.75) is 25.8 Å². The van der Waals surface area contributed by atoms with Crippen LogP contribution in [0.15, 0.2) is 28.2 Å². The number of thiophene rings is 1. The van der Waals surface area contributed by atoms with E-state index in [9.17, 15) is 0 Å². The molecule has 0 fully saturated rings. The molecule has 0 aromatic carbocycles. The summed E-state index contributed by atoms with van der Waals surface area (Å²) in [5, 5.41) is 14.2. The van der Waals surface area contributed by atoms with Crippen LogP contribution < -0.4 is 5.73 Å². The second-order valence-electron chi connectivity index (χ2n) is 4.65. The Kier molecular flexibility index (Phi) is 4.37. The third kappa shape index (κ3) is 3.53. The smallest absolute Gasteiger partial charge is 0.268 e. The lowest BCUT2D eigenvalue weighted by Crippen LogP contribution is -2.02. The number of nitrogens with two attached hydrogens (primary N) is 1. The number of rotatable bonds is 7. The molecule has 2 N–H and O–H groups in total. The van der Waals surface area contributed by atoms with E-state index in [0.717, 1.165) is 29.8 Å². The van der Waals surface area contributed by atoms with Gasteiger partial charge in [0.05, 0.1) is 10.6 Å². The van der Waals surface area contributed by atoms with Gasteiger partial charge in [-0.15, -0.1) is 16.4 Å². The number of hydrogen-bond acceptors (Lipinski definition) is 7. The summed E-state index contributed by atoms with van der Waals surface area (Å²) < 4.78 is 6.96. The molecule has 0 bridgehead atoms. The Morgan fingerprint density at radius 3 is 3.10 bits per heavy atom. The molecule has 0 aliphatic rings. The predicted molar refractivity (Wildman–Crippen MR) is 78.7 cm³/mol. The van der Waals surface area contributed by atoms with Gasteiger partial charge in [-0.05, 0) is 37.3 Å². The number of unbranched alkanes of at least 4 members (excludes halogenated alkanes) is 1. The van der Waals surface area contributed by atoms with E-state index in [1.807, 2.05) is 23.7 Å². The van der Waals surface area contributed by atoms with Crippen molar-refractivity contribution in [3.63, 3.8) is 0 Å². The molecular formula is C13H16N6OS. The van der Waals surface area contributed by atoms with E-state index in [1.54, 1.807) is 16.0 Å². The van der Waals surface area contributed by atoms with Gasteiger partial charge in [0.15, 0.2) is 5.82 Å². The fraction of sp³-hybridized carbons (Fsp3) is 0.385. The Morgan fingerprint density at radius 2 is 2.29 bits per heavy atom. The highest BCUT2D eigenvalue weighted by Gasteiger charge is 2.10. The summed E-state index contributed by atoms with van der Waals surface area (Å²) in [7, 11) is 0. The second kappa shape index (κ2) is 6.59. The summed E-state index contributed by atoms with van der Waals surface area (Å²) in [6.07, 6.45) is 4.84. The fourth-order valence-corrected chi connectivity index (χ4v) is 2.59. The first-order valence-electron chi connectivity index (χ1n) is 6.80. The maximum absolute atomic E-state index is 5.48. The Balaban J connectivity index is 1.61. The van der Waals surface area contributed by atoms with E-state index in [2.05, 4.69) is 20.5 Å². The molecule has 7 nitrogen and oxygen atoms in total. The van der Waals surface area contributed by atoms with Crippen molar-refractivity contribution in [3.05, 3.63) is 35.2 Å². The van der Waals surface area contributed by atoms with Crippen molar-refractivity contribution in [1.82, 2.24) is 25.1 Å². The first-order chi connectivity index (χ1) is 10.3. The number of hydrogen-bond donors (Lipinski definition) is 1. The maximum atomic E-state index is 5.48. The van der Waals surface area contributed by atoms with Crippen LogP contribution in [-0.2, 0) is 13.0 Å². The molecule has 3 aromatic rings. The highest BCUT2D eigenvalue weighted by molar-refractivity contribution is 7.13. The standard InChI is InChI=1S/C13H16N6OS/c14-6-2-1-4-10-8-19(18-16-10)9-12-15-13(20-17-12)11-5-3-7-21-11/h3,5,7-8H,1-2,4,6,9,14H2. The Morgan fingerprint density at radius 1 is 1.33 bits per heavy atom. The average molecular weight is 304 g/mol. The number of aryl methyl sites for hydroxylation is 1. The zero-order valence-corrected chi connectivity index (χ0v) is 12.3. The minimum Gasteiger partial charge on any atom is -0.333 e. The molecule has 0 radical (unpaired) electrons. The van der Waals surface area contributed by atoms with Gasteiger partial charge in [-0.1, -0.05) is 16.4 Å². The second-order valence-corrected chi connectivity index (χ2v) is 5.59. The topological polar surface area (TPSA) is 95.7 Å². The van der Waals surface area contributed by atoms with Gasteiger partial charge in [0, 0.05) is 6.20 Å². The van der Waals surface area contributed by atoms with Gasteiger partial charge < -0.3 is 10.3 Å². The number of nitrogens with zero attached hydrogens (tertiary/aromatic N) is 5. The van der Waals surface area contributed by atoms with Crippen LogP contribution in [0.2, 0.25) is 0 Å². The van der Waals surface area contributed by atoms with Gasteiger partial charge >= 0.3 is 0 Å². The first-order valence-corrected chi connectivity index (χ1v) is 7.68. The molecule has 0 spiro atoms. The molecule has 0 saturated carbocycles. The first kappa shape index (κ1) is 13.9. The van der Waals surface area contributed by atoms with Crippen LogP contribution in [0.4, 0.5) is 0 Å². The van der Waals surface area contributed by atoms with Crippen LogP contribution in [0.1, 0.15) is 24.4 Å². The lowest BCUT2D eigenvalue weighted by Gasteiger charge is -1.94. The monoisotopic (exact) mass is 304 g/mol. The van der Waals surface area contributed by atoms with E-state index in [-0.39, 0.29) is 0 Å². The largest absolute Gasteiger partial charge is 0.333 e. The molecule has 0 unspecified atom stereocenters. The minimum atomic E-state index is 0.457. The fourth-order valence-electron chi connectivity index (χ4n) is 1.94. The van der Waals surface area contributed by atoms with Gasteiger partial charge in [-0.2, -0.15) is 4.98 Å². The van der Waals surface area contributed by atoms with Crippen molar-refractivity contribution in [2.24, 2.45) is 5.73 Å². The molecule has 3 rings (SSSR count). The Labute approximate surface area is 125 Å². The van der Waals surface area contributed by atoms with Gasteiger partial charge in [0.2, 0.25) is 0 Å². The van der Waals surface area contributed by atoms with Crippen molar-refractivity contribution in [1.29, 1.82) is 0 Å². The summed E-state index contributed by atoms with van der Waals surface area (Å²) in [5.41, 5.74) is 6.44. The molecule has 110 valence electrons. The van der Waals surface area contributed by atoms with Crippen LogP contribution in [-0.4, -0.2) is 31.7 Å². The lowest BCUT2D eigenvalue weighted by atomic mass is 10.2. The molecular weight excluding hydrogens is 288 g/mol. The van der Waals surface area contributed by atoms with Gasteiger partial charge in [0.1, 0.15) is 6.54 Å². The molecule has 21 heavy (non-hydrogen) atoms. The maximum Gasteiger partial charge on any atom is 0.268 e. The lowest BCUT2D eigenvalue weighted by molar-refractivity contribution is 0.419. The summed E-state index contributed by atoms with van der Waals surface area (Å²) in [6.45, 7) is 1.17. The van der Waals surface area contributed by atoms with Crippen molar-refractivity contribution in [3.8, 4) is 10.8 Å². The molecule has 0 aliphatic carbocycles. The van der Waals surface area contributed by atoms with Crippen molar-refractivity contribution >= 4 is 11.3 Å². The highest BCUT2D eigenvalue weighted by Crippen LogP contribution is 2.22. The van der Waals surface area contributed by atoms with Gasteiger partial charge in [0.25, 0.3) is 5.89 Å². The summed E-state index contributed by atoms with van der Waals surface area (Å²) >= 11 is 1.57. The predicted octanol–water partition coefficient (Wildman–Crippen LogP) is 1.72. The molecule has 0 saturated heterocycles. The third-order valence-electron chi connectivity index (χ3n) is 2.98. The summed E-state index contributed by atoms with van der Waals surface area (Å²) in [5.74, 6) is 1.14. The van der Waals surface area contributed by atoms with E-state index in [0.29, 0.717) is 24.8 Å². The van der Waals surface area contributed by atoms with Crippen LogP contribution in [0.5, 0.6) is 0 Å². The molecule has 0 amide bonds. The summed E-state index contributed by atoms with van der Waals surface area (Å²) in [6, 6.07) is 3.90. The SMILES string of the molecule is NCCCCc1cn(Cc2noc(-c3cccs3)n2)nn1. The van der Waals surface area contributed by atoms with Gasteiger partial charge in [-0.3, -0.25) is 0 Å². The number of aromatic nitrogens is 5. The van der Waals surface area contributed by atoms with Crippen LogP contribution >= 0.6 is 11.3 Å². The van der Waals surface area contributed by atoms with Crippen LogP contribution in [0.3, 0.4) is 0 Å². The minimum absolute atomic E-state index is 0.457. The Hall–Kier alpha value is -2.06. The molecule has 3 heterocycles. The normalized spacial score (nSPS) is 11.1. The van der Waals surface area contributed by atoms with E-state index in [4.69, 9.17) is 10.3 Å². The van der Waals surface area contributed by atoms with Gasteiger partial charge in [-0.25, -0.2) is 4.68 Å². The third-order valence-corrected chi connectivity index (χ3v) is 3.83. The Bertz CT molecular complexity index is 674. The van der Waals surface area contributed by atoms with Crippen LogP contribution in [0, 0.1) is 0 Å². The molecule has 0 atom stereocenters. The van der Waals surface area contributed by atoms with Crippen LogP contribution in [0.25, 0.3) is 10.8 Å². The summed E-state index contributed by atoms with van der Waals surface area (Å²) in [4.78, 5) is 5.33. The zero-order valence-electron chi connectivity index (χ0n) is 11.5. The molecule has 3 aromatic heterocycles. The van der Waals surface area contributed by atoms with Crippen molar-refractivity contribution < 1.29 is 4.52 Å². The van der Waals surface area contributed by atoms with E-state index in [1.165, 1.54) is 0 Å².